The van der Waals surface area contributed by atoms with E-state index in [1.54, 1.807) is 48.5 Å². The summed E-state index contributed by atoms with van der Waals surface area (Å²) in [6.07, 6.45) is 2.67. The Morgan fingerprint density at radius 2 is 1.60 bits per heavy atom. The van der Waals surface area contributed by atoms with Crippen LogP contribution in [-0.2, 0) is 14.8 Å². The molecule has 2 heterocycles. The van der Waals surface area contributed by atoms with Crippen LogP contribution in [0.3, 0.4) is 0 Å². The van der Waals surface area contributed by atoms with E-state index in [1.807, 2.05) is 31.2 Å². The van der Waals surface area contributed by atoms with Crippen molar-refractivity contribution in [3.63, 3.8) is 0 Å². The van der Waals surface area contributed by atoms with Gasteiger partial charge in [-0.3, -0.25) is 9.10 Å². The minimum atomic E-state index is -3.88. The fourth-order valence-electron chi connectivity index (χ4n) is 4.53. The summed E-state index contributed by atoms with van der Waals surface area (Å²) in [5.74, 6) is -0.0376. The zero-order valence-corrected chi connectivity index (χ0v) is 20.5. The Labute approximate surface area is 206 Å². The van der Waals surface area contributed by atoms with E-state index in [-0.39, 0.29) is 11.4 Å². The lowest BCUT2D eigenvalue weighted by atomic mass is 10.1. The summed E-state index contributed by atoms with van der Waals surface area (Å²) >= 11 is 0. The van der Waals surface area contributed by atoms with Gasteiger partial charge >= 0.3 is 0 Å². The van der Waals surface area contributed by atoms with E-state index in [0.717, 1.165) is 24.3 Å². The van der Waals surface area contributed by atoms with Gasteiger partial charge in [0.15, 0.2) is 6.10 Å². The third-order valence-corrected chi connectivity index (χ3v) is 8.29. The molecular formula is C27H29N3O4S. The lowest BCUT2D eigenvalue weighted by Gasteiger charge is -2.34. The first-order chi connectivity index (χ1) is 16.9. The Hall–Kier alpha value is -3.52. The van der Waals surface area contributed by atoms with Crippen molar-refractivity contribution in [1.29, 1.82) is 0 Å². The number of piperidine rings is 1. The number of nitrogens with one attached hydrogen (secondary N) is 1. The Bertz CT molecular complexity index is 1300. The summed E-state index contributed by atoms with van der Waals surface area (Å²) in [6.45, 7) is 3.88. The molecule has 0 unspecified atom stereocenters. The Morgan fingerprint density at radius 3 is 2.31 bits per heavy atom. The average molecular weight is 492 g/mol. The molecule has 1 N–H and O–H groups in total. The van der Waals surface area contributed by atoms with Crippen molar-refractivity contribution in [2.24, 2.45) is 0 Å². The summed E-state index contributed by atoms with van der Waals surface area (Å²) < 4.78 is 34.2. The molecule has 3 aromatic carbocycles. The Kier molecular flexibility index (Phi) is 6.38. The standard InChI is InChI=1S/C27H29N3O4S/c1-20-9-15-23(16-10-20)35(32,33)30-19-26(34-25-8-4-3-7-24(25)30)27(31)28-21-11-13-22(14-12-21)29-17-5-2-6-18-29/h3-4,7-16,26H,2,5-6,17-19H2,1H3,(H,28,31)/t26-/m0/s1. The number of nitrogens with zero attached hydrogens (tertiary/aromatic N) is 2. The molecule has 182 valence electrons. The van der Waals surface area contributed by atoms with Crippen LogP contribution in [0.4, 0.5) is 17.1 Å². The van der Waals surface area contributed by atoms with Gasteiger partial charge in [0.2, 0.25) is 0 Å². The quantitative estimate of drug-likeness (QED) is 0.565. The number of para-hydroxylation sites is 2. The Morgan fingerprint density at radius 1 is 0.914 bits per heavy atom. The molecule has 1 fully saturated rings. The van der Waals surface area contributed by atoms with Crippen molar-refractivity contribution in [3.05, 3.63) is 78.4 Å². The molecule has 2 aliphatic rings. The molecule has 0 aromatic heterocycles. The van der Waals surface area contributed by atoms with E-state index in [4.69, 9.17) is 4.74 Å². The molecule has 1 amide bonds. The molecule has 0 bridgehead atoms. The van der Waals surface area contributed by atoms with Crippen LogP contribution in [0.25, 0.3) is 0 Å². The fraction of sp³-hybridized carbons (Fsp3) is 0.296. The van der Waals surface area contributed by atoms with Gasteiger partial charge in [-0.15, -0.1) is 0 Å². The fourth-order valence-corrected chi connectivity index (χ4v) is 6.01. The van der Waals surface area contributed by atoms with Gasteiger partial charge in [0, 0.05) is 24.5 Å². The molecule has 35 heavy (non-hydrogen) atoms. The van der Waals surface area contributed by atoms with E-state index in [2.05, 4.69) is 10.2 Å². The normalized spacial score (nSPS) is 17.9. The maximum absolute atomic E-state index is 13.5. The highest BCUT2D eigenvalue weighted by Crippen LogP contribution is 2.37. The molecular weight excluding hydrogens is 462 g/mol. The number of ether oxygens (including phenoxy) is 1. The highest BCUT2D eigenvalue weighted by Gasteiger charge is 2.37. The zero-order chi connectivity index (χ0) is 24.4. The summed E-state index contributed by atoms with van der Waals surface area (Å²) in [7, 11) is -3.88. The lowest BCUT2D eigenvalue weighted by molar-refractivity contribution is -0.122. The predicted octanol–water partition coefficient (Wildman–Crippen LogP) is 4.58. The van der Waals surface area contributed by atoms with Crippen molar-refractivity contribution in [1.82, 2.24) is 0 Å². The SMILES string of the molecule is Cc1ccc(S(=O)(=O)N2C[C@@H](C(=O)Nc3ccc(N4CCCCC4)cc3)Oc3ccccc32)cc1. The molecule has 3 aromatic rings. The molecule has 8 heteroatoms. The third-order valence-electron chi connectivity index (χ3n) is 6.49. The number of hydrogen-bond acceptors (Lipinski definition) is 5. The molecule has 0 radical (unpaired) electrons. The summed E-state index contributed by atoms with van der Waals surface area (Å²) in [5.41, 5.74) is 3.17. The molecule has 2 aliphatic heterocycles. The second-order valence-electron chi connectivity index (χ2n) is 9.01. The molecule has 1 atom stereocenters. The number of anilines is 3. The van der Waals surface area contributed by atoms with Crippen molar-refractivity contribution >= 4 is 33.0 Å². The molecule has 7 nitrogen and oxygen atoms in total. The van der Waals surface area contributed by atoms with Crippen LogP contribution in [0.15, 0.2) is 77.7 Å². The number of carbonyl (C=O) groups is 1. The zero-order valence-electron chi connectivity index (χ0n) is 19.7. The largest absolute Gasteiger partial charge is 0.476 e. The van der Waals surface area contributed by atoms with Gasteiger partial charge in [-0.1, -0.05) is 29.8 Å². The lowest BCUT2D eigenvalue weighted by Crippen LogP contribution is -2.48. The number of sulfonamides is 1. The van der Waals surface area contributed by atoms with E-state index >= 15 is 0 Å². The summed E-state index contributed by atoms with van der Waals surface area (Å²) in [4.78, 5) is 15.7. The first kappa shape index (κ1) is 23.2. The van der Waals surface area contributed by atoms with Gasteiger partial charge in [0.05, 0.1) is 17.1 Å². The van der Waals surface area contributed by atoms with Crippen LogP contribution in [0.2, 0.25) is 0 Å². The highest BCUT2D eigenvalue weighted by atomic mass is 32.2. The smallest absolute Gasteiger partial charge is 0.267 e. The topological polar surface area (TPSA) is 79.0 Å². The number of aryl methyl sites for hydroxylation is 1. The number of carbonyl (C=O) groups excluding carboxylic acids is 1. The average Bonchev–Trinajstić information content (AvgIpc) is 2.89. The molecule has 0 spiro atoms. The monoisotopic (exact) mass is 491 g/mol. The van der Waals surface area contributed by atoms with Gasteiger partial charge in [0.25, 0.3) is 15.9 Å². The van der Waals surface area contributed by atoms with Gasteiger partial charge < -0.3 is 15.0 Å². The van der Waals surface area contributed by atoms with E-state index in [9.17, 15) is 13.2 Å². The number of benzene rings is 3. The second-order valence-corrected chi connectivity index (χ2v) is 10.9. The van der Waals surface area contributed by atoms with Gasteiger partial charge in [0.1, 0.15) is 5.75 Å². The van der Waals surface area contributed by atoms with Gasteiger partial charge in [-0.2, -0.15) is 0 Å². The highest BCUT2D eigenvalue weighted by molar-refractivity contribution is 7.92. The van der Waals surface area contributed by atoms with Crippen LogP contribution in [0, 0.1) is 6.92 Å². The third kappa shape index (κ3) is 4.84. The van der Waals surface area contributed by atoms with Crippen molar-refractivity contribution in [2.75, 3.05) is 34.2 Å². The molecule has 0 aliphatic carbocycles. The maximum Gasteiger partial charge on any atom is 0.267 e. The van der Waals surface area contributed by atoms with Crippen LogP contribution >= 0.6 is 0 Å². The van der Waals surface area contributed by atoms with Crippen LogP contribution in [-0.4, -0.2) is 40.1 Å². The maximum atomic E-state index is 13.5. The van der Waals surface area contributed by atoms with Crippen molar-refractivity contribution in [3.8, 4) is 5.75 Å². The Balaban J connectivity index is 1.36. The van der Waals surface area contributed by atoms with Crippen LogP contribution < -0.4 is 19.3 Å². The first-order valence-electron chi connectivity index (χ1n) is 11.9. The minimum absolute atomic E-state index is 0.120. The molecule has 0 saturated carbocycles. The number of hydrogen-bond donors (Lipinski definition) is 1. The molecule has 1 saturated heterocycles. The van der Waals surface area contributed by atoms with Crippen molar-refractivity contribution < 1.29 is 17.9 Å². The second kappa shape index (κ2) is 9.62. The van der Waals surface area contributed by atoms with Crippen LogP contribution in [0.5, 0.6) is 5.75 Å². The minimum Gasteiger partial charge on any atom is -0.476 e. The van der Waals surface area contributed by atoms with Crippen molar-refractivity contribution in [2.45, 2.75) is 37.2 Å². The summed E-state index contributed by atoms with van der Waals surface area (Å²) in [5, 5.41) is 2.89. The van der Waals surface area contributed by atoms with E-state index in [0.29, 0.717) is 17.1 Å². The van der Waals surface area contributed by atoms with E-state index < -0.39 is 22.0 Å². The number of rotatable bonds is 5. The van der Waals surface area contributed by atoms with Gasteiger partial charge in [-0.05, 0) is 74.7 Å². The summed E-state index contributed by atoms with van der Waals surface area (Å²) in [6, 6.07) is 21.3. The number of amides is 1. The van der Waals surface area contributed by atoms with Crippen LogP contribution in [0.1, 0.15) is 24.8 Å². The molecule has 5 rings (SSSR count). The van der Waals surface area contributed by atoms with E-state index in [1.165, 1.54) is 23.6 Å². The number of fused-ring (bicyclic) bond motifs is 1. The van der Waals surface area contributed by atoms with Gasteiger partial charge in [-0.25, -0.2) is 8.42 Å². The first-order valence-corrected chi connectivity index (χ1v) is 13.4. The predicted molar refractivity (Wildman–Crippen MR) is 138 cm³/mol.